The third kappa shape index (κ3) is 4.72. The highest BCUT2D eigenvalue weighted by molar-refractivity contribution is 5.74. The lowest BCUT2D eigenvalue weighted by Gasteiger charge is -1.81. The Bertz CT molecular complexity index is 294. The van der Waals surface area contributed by atoms with Crippen molar-refractivity contribution < 1.29 is 4.79 Å². The summed E-state index contributed by atoms with van der Waals surface area (Å²) in [5.41, 5.74) is 0.729. The van der Waals surface area contributed by atoms with Crippen LogP contribution in [0.15, 0.2) is 30.3 Å². The van der Waals surface area contributed by atoms with E-state index in [1.54, 1.807) is 12.1 Å². The van der Waals surface area contributed by atoms with Gasteiger partial charge in [0.2, 0.25) is 0 Å². The molecule has 12 heavy (non-hydrogen) atoms. The van der Waals surface area contributed by atoms with Crippen LogP contribution in [0.25, 0.3) is 0 Å². The van der Waals surface area contributed by atoms with Crippen LogP contribution in [0.5, 0.6) is 0 Å². The standard InChI is InChI=1S/C7H6O.C2N2/c8-6-7-4-2-1-3-5-7;3-1-2-4/h1-6H;. The zero-order chi connectivity index (χ0) is 9.23. The molecule has 0 aromatic heterocycles. The van der Waals surface area contributed by atoms with Gasteiger partial charge in [0, 0.05) is 5.56 Å². The quantitative estimate of drug-likeness (QED) is 0.582. The lowest BCUT2D eigenvalue weighted by Crippen LogP contribution is -1.73. The number of hydrogen-bond acceptors (Lipinski definition) is 3. The van der Waals surface area contributed by atoms with Gasteiger partial charge in [-0.25, -0.2) is 0 Å². The van der Waals surface area contributed by atoms with E-state index in [1.165, 1.54) is 12.1 Å². The van der Waals surface area contributed by atoms with Crippen LogP contribution in [0.4, 0.5) is 0 Å². The average Bonchev–Trinajstić information content (AvgIpc) is 2.19. The topological polar surface area (TPSA) is 64.7 Å². The molecule has 0 aliphatic carbocycles. The molecule has 58 valence electrons. The molecule has 1 aromatic carbocycles. The maximum atomic E-state index is 10.0. The van der Waals surface area contributed by atoms with Gasteiger partial charge in [-0.05, 0) is 0 Å². The van der Waals surface area contributed by atoms with E-state index in [9.17, 15) is 4.79 Å². The number of rotatable bonds is 1. The van der Waals surface area contributed by atoms with Crippen LogP contribution in [-0.4, -0.2) is 6.29 Å². The summed E-state index contributed by atoms with van der Waals surface area (Å²) in [6.45, 7) is 0. The first-order chi connectivity index (χ1) is 5.85. The van der Waals surface area contributed by atoms with Crippen molar-refractivity contribution in [1.29, 1.82) is 10.5 Å². The highest BCUT2D eigenvalue weighted by atomic mass is 16.1. The molecule has 3 heteroatoms. The number of nitrogens with zero attached hydrogens (tertiary/aromatic N) is 2. The van der Waals surface area contributed by atoms with Crippen molar-refractivity contribution >= 4 is 6.29 Å². The molecule has 1 aromatic rings. The third-order valence-electron chi connectivity index (χ3n) is 0.986. The molecule has 0 heterocycles. The second-order valence-electron chi connectivity index (χ2n) is 1.75. The van der Waals surface area contributed by atoms with E-state index in [0.717, 1.165) is 11.8 Å². The Balaban J connectivity index is 0.000000261. The summed E-state index contributed by atoms with van der Waals surface area (Å²) < 4.78 is 0. The Morgan fingerprint density at radius 2 is 1.58 bits per heavy atom. The molecular weight excluding hydrogens is 152 g/mol. The number of hydrogen-bond donors (Lipinski definition) is 0. The first kappa shape index (κ1) is 9.87. The molecule has 0 spiro atoms. The highest BCUT2D eigenvalue weighted by Crippen LogP contribution is 1.91. The Labute approximate surface area is 70.5 Å². The minimum Gasteiger partial charge on any atom is -0.298 e. The maximum Gasteiger partial charge on any atom is 0.181 e. The van der Waals surface area contributed by atoms with Gasteiger partial charge in [0.25, 0.3) is 0 Å². The van der Waals surface area contributed by atoms with Crippen LogP contribution in [0, 0.1) is 22.7 Å². The predicted molar refractivity (Wildman–Crippen MR) is 43.1 cm³/mol. The fraction of sp³-hybridized carbons (Fsp3) is 0. The molecule has 0 amide bonds. The smallest absolute Gasteiger partial charge is 0.181 e. The summed E-state index contributed by atoms with van der Waals surface area (Å²) in [6, 6.07) is 11.6. The average molecular weight is 158 g/mol. The van der Waals surface area contributed by atoms with Gasteiger partial charge in [0.1, 0.15) is 6.29 Å². The molecule has 3 nitrogen and oxygen atoms in total. The number of nitriles is 2. The van der Waals surface area contributed by atoms with Crippen molar-refractivity contribution in [2.45, 2.75) is 0 Å². The summed E-state index contributed by atoms with van der Waals surface area (Å²) in [5, 5.41) is 14.5. The van der Waals surface area contributed by atoms with Gasteiger partial charge in [-0.2, -0.15) is 10.5 Å². The van der Waals surface area contributed by atoms with Gasteiger partial charge in [-0.15, -0.1) is 0 Å². The lowest BCUT2D eigenvalue weighted by molar-refractivity contribution is 0.112. The normalized spacial score (nSPS) is 6.50. The van der Waals surface area contributed by atoms with Crippen molar-refractivity contribution in [2.24, 2.45) is 0 Å². The van der Waals surface area contributed by atoms with Gasteiger partial charge in [0.05, 0.1) is 0 Å². The van der Waals surface area contributed by atoms with Gasteiger partial charge in [0.15, 0.2) is 12.1 Å². The van der Waals surface area contributed by atoms with Crippen LogP contribution in [0.2, 0.25) is 0 Å². The van der Waals surface area contributed by atoms with Gasteiger partial charge in [-0.3, -0.25) is 4.79 Å². The van der Waals surface area contributed by atoms with Gasteiger partial charge < -0.3 is 0 Å². The number of benzene rings is 1. The van der Waals surface area contributed by atoms with E-state index < -0.39 is 0 Å². The molecule has 1 rings (SSSR count). The molecule has 0 fully saturated rings. The highest BCUT2D eigenvalue weighted by Gasteiger charge is 1.79. The van der Waals surface area contributed by atoms with Crippen molar-refractivity contribution in [3.05, 3.63) is 35.9 Å². The van der Waals surface area contributed by atoms with Gasteiger partial charge >= 0.3 is 0 Å². The summed E-state index contributed by atoms with van der Waals surface area (Å²) in [4.78, 5) is 10.0. The van der Waals surface area contributed by atoms with Crippen LogP contribution >= 0.6 is 0 Å². The SMILES string of the molecule is N#CC#N.O=Cc1ccccc1. The fourth-order valence-corrected chi connectivity index (χ4v) is 0.532. The maximum absolute atomic E-state index is 10.0. The van der Waals surface area contributed by atoms with Gasteiger partial charge in [-0.1, -0.05) is 30.3 Å². The molecule has 0 aliphatic heterocycles. The Morgan fingerprint density at radius 1 is 1.08 bits per heavy atom. The van der Waals surface area contributed by atoms with Crippen LogP contribution < -0.4 is 0 Å². The zero-order valence-corrected chi connectivity index (χ0v) is 6.27. The molecule has 0 saturated carbocycles. The Kier molecular flexibility index (Phi) is 5.74. The molecule has 0 N–H and O–H groups in total. The molecule has 0 unspecified atom stereocenters. The Hall–Kier alpha value is -2.13. The minimum atomic E-state index is 0.729. The van der Waals surface area contributed by atoms with Crippen LogP contribution in [0.1, 0.15) is 10.4 Å². The summed E-state index contributed by atoms with van der Waals surface area (Å²) in [6.07, 6.45) is 0.833. The first-order valence-corrected chi connectivity index (χ1v) is 3.13. The zero-order valence-electron chi connectivity index (χ0n) is 6.27. The number of carbonyl (C=O) groups excluding carboxylic acids is 1. The van der Waals surface area contributed by atoms with E-state index in [2.05, 4.69) is 0 Å². The molecule has 0 atom stereocenters. The van der Waals surface area contributed by atoms with Crippen LogP contribution in [-0.2, 0) is 0 Å². The van der Waals surface area contributed by atoms with Crippen LogP contribution in [0.3, 0.4) is 0 Å². The van der Waals surface area contributed by atoms with E-state index in [-0.39, 0.29) is 0 Å². The fourth-order valence-electron chi connectivity index (χ4n) is 0.532. The molecule has 0 radical (unpaired) electrons. The molecular formula is C9H6N2O. The van der Waals surface area contributed by atoms with Crippen molar-refractivity contribution in [1.82, 2.24) is 0 Å². The van der Waals surface area contributed by atoms with E-state index in [1.807, 2.05) is 18.2 Å². The van der Waals surface area contributed by atoms with E-state index >= 15 is 0 Å². The van der Waals surface area contributed by atoms with Crippen molar-refractivity contribution in [3.8, 4) is 12.1 Å². The molecule has 0 bridgehead atoms. The number of carbonyl (C=O) groups is 1. The second-order valence-corrected chi connectivity index (χ2v) is 1.75. The lowest BCUT2D eigenvalue weighted by atomic mass is 10.2. The molecule has 0 aliphatic rings. The summed E-state index contributed by atoms with van der Waals surface area (Å²) >= 11 is 0. The van der Waals surface area contributed by atoms with E-state index in [0.29, 0.717) is 0 Å². The van der Waals surface area contributed by atoms with Crippen molar-refractivity contribution in [3.63, 3.8) is 0 Å². The first-order valence-electron chi connectivity index (χ1n) is 3.13. The third-order valence-corrected chi connectivity index (χ3v) is 0.986. The predicted octanol–water partition coefficient (Wildman–Crippen LogP) is 1.53. The van der Waals surface area contributed by atoms with Crippen molar-refractivity contribution in [2.75, 3.05) is 0 Å². The largest absolute Gasteiger partial charge is 0.298 e. The Morgan fingerprint density at radius 3 is 1.83 bits per heavy atom. The monoisotopic (exact) mass is 158 g/mol. The summed E-state index contributed by atoms with van der Waals surface area (Å²) in [5.74, 6) is 0. The van der Waals surface area contributed by atoms with E-state index in [4.69, 9.17) is 10.5 Å². The molecule has 0 saturated heterocycles. The second kappa shape index (κ2) is 6.98. The summed E-state index contributed by atoms with van der Waals surface area (Å²) in [7, 11) is 0. The minimum absolute atomic E-state index is 0.729. The number of aldehydes is 1.